The molecule has 1 aliphatic rings. The molecule has 0 bridgehead atoms. The van der Waals surface area contributed by atoms with Gasteiger partial charge in [0.2, 0.25) is 0 Å². The second-order valence-electron chi connectivity index (χ2n) is 4.55. The van der Waals surface area contributed by atoms with Crippen molar-refractivity contribution in [2.24, 2.45) is 5.92 Å². The molecular weight excluding hydrogens is 189 g/mol. The largest absolute Gasteiger partial charge is 0.316 e. The minimum absolute atomic E-state index is 0.123. The molecule has 15 heavy (non-hydrogen) atoms. The van der Waals surface area contributed by atoms with Crippen molar-refractivity contribution in [3.63, 3.8) is 0 Å². The molecule has 1 fully saturated rings. The Hall–Kier alpha value is -0.890. The third-order valence-electron chi connectivity index (χ3n) is 3.54. The van der Waals surface area contributed by atoms with Crippen LogP contribution >= 0.6 is 0 Å². The Morgan fingerprint density at radius 1 is 1.53 bits per heavy atom. The lowest BCUT2D eigenvalue weighted by atomic mass is 9.93. The van der Waals surface area contributed by atoms with Crippen molar-refractivity contribution in [1.82, 2.24) is 5.32 Å². The van der Waals surface area contributed by atoms with Gasteiger partial charge in [0, 0.05) is 12.0 Å². The first-order chi connectivity index (χ1) is 7.19. The van der Waals surface area contributed by atoms with Crippen molar-refractivity contribution >= 4 is 0 Å². The van der Waals surface area contributed by atoms with Gasteiger partial charge in [-0.05, 0) is 36.6 Å². The summed E-state index contributed by atoms with van der Waals surface area (Å²) in [7, 11) is 0. The summed E-state index contributed by atoms with van der Waals surface area (Å²) >= 11 is 0. The van der Waals surface area contributed by atoms with E-state index in [-0.39, 0.29) is 11.2 Å². The van der Waals surface area contributed by atoms with E-state index in [2.05, 4.69) is 19.2 Å². The maximum Gasteiger partial charge on any atom is 0.123 e. The molecule has 2 unspecified atom stereocenters. The standard InChI is InChI=1S/C13H18FN/c1-3-15-9-13(8-10(13)2)11-5-4-6-12(14)7-11/h4-7,10,15H,3,8-9H2,1-2H3. The second-order valence-corrected chi connectivity index (χ2v) is 4.55. The summed E-state index contributed by atoms with van der Waals surface area (Å²) in [6, 6.07) is 7.05. The highest BCUT2D eigenvalue weighted by atomic mass is 19.1. The van der Waals surface area contributed by atoms with Crippen LogP contribution in [0.3, 0.4) is 0 Å². The molecule has 0 saturated heterocycles. The molecule has 0 spiro atoms. The molecule has 2 atom stereocenters. The first-order valence-corrected chi connectivity index (χ1v) is 5.66. The quantitative estimate of drug-likeness (QED) is 0.800. The molecule has 1 aliphatic carbocycles. The van der Waals surface area contributed by atoms with Gasteiger partial charge >= 0.3 is 0 Å². The van der Waals surface area contributed by atoms with Crippen LogP contribution in [0.15, 0.2) is 24.3 Å². The Kier molecular flexibility index (Phi) is 2.79. The fourth-order valence-corrected chi connectivity index (χ4v) is 2.38. The number of hydrogen-bond acceptors (Lipinski definition) is 1. The summed E-state index contributed by atoms with van der Waals surface area (Å²) in [4.78, 5) is 0. The van der Waals surface area contributed by atoms with E-state index in [0.717, 1.165) is 18.7 Å². The van der Waals surface area contributed by atoms with Crippen LogP contribution < -0.4 is 5.32 Å². The number of benzene rings is 1. The van der Waals surface area contributed by atoms with Crippen LogP contribution in [0.2, 0.25) is 0 Å². The van der Waals surface area contributed by atoms with Gasteiger partial charge in [-0.25, -0.2) is 4.39 Å². The Balaban J connectivity index is 2.20. The zero-order valence-corrected chi connectivity index (χ0v) is 9.39. The van der Waals surface area contributed by atoms with Gasteiger partial charge in [-0.3, -0.25) is 0 Å². The average molecular weight is 207 g/mol. The van der Waals surface area contributed by atoms with Gasteiger partial charge in [0.05, 0.1) is 0 Å². The van der Waals surface area contributed by atoms with Crippen molar-refractivity contribution in [1.29, 1.82) is 0 Å². The highest BCUT2D eigenvalue weighted by Gasteiger charge is 2.51. The van der Waals surface area contributed by atoms with Crippen LogP contribution in [0, 0.1) is 11.7 Å². The molecule has 1 aromatic rings. The number of nitrogens with one attached hydrogen (secondary N) is 1. The number of rotatable bonds is 4. The van der Waals surface area contributed by atoms with Gasteiger partial charge in [0.25, 0.3) is 0 Å². The van der Waals surface area contributed by atoms with Crippen LogP contribution in [0.5, 0.6) is 0 Å². The van der Waals surface area contributed by atoms with Crippen molar-refractivity contribution in [2.75, 3.05) is 13.1 Å². The Labute approximate surface area is 90.7 Å². The summed E-state index contributed by atoms with van der Waals surface area (Å²) < 4.78 is 13.2. The smallest absolute Gasteiger partial charge is 0.123 e. The van der Waals surface area contributed by atoms with Crippen LogP contribution in [0.4, 0.5) is 4.39 Å². The fourth-order valence-electron chi connectivity index (χ4n) is 2.38. The van der Waals surface area contributed by atoms with Crippen LogP contribution in [-0.4, -0.2) is 13.1 Å². The zero-order valence-electron chi connectivity index (χ0n) is 9.39. The lowest BCUT2D eigenvalue weighted by Gasteiger charge is -2.17. The maximum absolute atomic E-state index is 13.2. The van der Waals surface area contributed by atoms with Gasteiger partial charge < -0.3 is 5.32 Å². The normalized spacial score (nSPS) is 29.1. The highest BCUT2D eigenvalue weighted by Crippen LogP contribution is 2.53. The van der Waals surface area contributed by atoms with E-state index in [4.69, 9.17) is 0 Å². The number of hydrogen-bond donors (Lipinski definition) is 1. The molecule has 1 N–H and O–H groups in total. The number of halogens is 1. The minimum Gasteiger partial charge on any atom is -0.316 e. The molecule has 82 valence electrons. The minimum atomic E-state index is -0.123. The van der Waals surface area contributed by atoms with E-state index in [1.165, 1.54) is 12.5 Å². The first-order valence-electron chi connectivity index (χ1n) is 5.66. The SMILES string of the molecule is CCNCC1(c2cccc(F)c2)CC1C. The van der Waals surface area contributed by atoms with Crippen molar-refractivity contribution in [3.8, 4) is 0 Å². The molecule has 2 heteroatoms. The molecule has 0 radical (unpaired) electrons. The van der Waals surface area contributed by atoms with E-state index in [9.17, 15) is 4.39 Å². The van der Waals surface area contributed by atoms with Gasteiger partial charge in [-0.1, -0.05) is 26.0 Å². The van der Waals surface area contributed by atoms with E-state index in [1.54, 1.807) is 6.07 Å². The molecule has 0 aromatic heterocycles. The van der Waals surface area contributed by atoms with E-state index in [0.29, 0.717) is 5.92 Å². The Morgan fingerprint density at radius 3 is 2.80 bits per heavy atom. The summed E-state index contributed by atoms with van der Waals surface area (Å²) in [5, 5.41) is 3.38. The third-order valence-corrected chi connectivity index (χ3v) is 3.54. The molecular formula is C13H18FN. The Bertz CT molecular complexity index is 350. The molecule has 2 rings (SSSR count). The summed E-state index contributed by atoms with van der Waals surface area (Å²) in [5.41, 5.74) is 1.34. The summed E-state index contributed by atoms with van der Waals surface area (Å²) in [6.45, 7) is 6.28. The topological polar surface area (TPSA) is 12.0 Å². The predicted molar refractivity (Wildman–Crippen MR) is 60.4 cm³/mol. The predicted octanol–water partition coefficient (Wildman–Crippen LogP) is 2.71. The van der Waals surface area contributed by atoms with Gasteiger partial charge in [-0.2, -0.15) is 0 Å². The van der Waals surface area contributed by atoms with E-state index in [1.807, 2.05) is 12.1 Å². The lowest BCUT2D eigenvalue weighted by molar-refractivity contribution is 0.548. The summed E-state index contributed by atoms with van der Waals surface area (Å²) in [5.74, 6) is 0.542. The van der Waals surface area contributed by atoms with Crippen molar-refractivity contribution in [2.45, 2.75) is 25.7 Å². The molecule has 1 nitrogen and oxygen atoms in total. The van der Waals surface area contributed by atoms with Gasteiger partial charge in [0.15, 0.2) is 0 Å². The first kappa shape index (κ1) is 10.6. The van der Waals surface area contributed by atoms with E-state index < -0.39 is 0 Å². The molecule has 0 aliphatic heterocycles. The Morgan fingerprint density at radius 2 is 2.27 bits per heavy atom. The molecule has 0 heterocycles. The second kappa shape index (κ2) is 3.93. The van der Waals surface area contributed by atoms with Gasteiger partial charge in [-0.15, -0.1) is 0 Å². The highest BCUT2D eigenvalue weighted by molar-refractivity contribution is 5.34. The average Bonchev–Trinajstić information content (AvgIpc) is 2.88. The molecule has 1 saturated carbocycles. The van der Waals surface area contributed by atoms with Crippen LogP contribution in [0.25, 0.3) is 0 Å². The third kappa shape index (κ3) is 1.91. The van der Waals surface area contributed by atoms with E-state index >= 15 is 0 Å². The monoisotopic (exact) mass is 207 g/mol. The van der Waals surface area contributed by atoms with Crippen molar-refractivity contribution < 1.29 is 4.39 Å². The number of likely N-dealkylation sites (N-methyl/N-ethyl adjacent to an activating group) is 1. The lowest BCUT2D eigenvalue weighted by Crippen LogP contribution is -2.28. The maximum atomic E-state index is 13.2. The zero-order chi connectivity index (χ0) is 10.9. The molecule has 0 amide bonds. The van der Waals surface area contributed by atoms with Gasteiger partial charge in [0.1, 0.15) is 5.82 Å². The van der Waals surface area contributed by atoms with Crippen LogP contribution in [0.1, 0.15) is 25.8 Å². The van der Waals surface area contributed by atoms with Crippen molar-refractivity contribution in [3.05, 3.63) is 35.6 Å². The molecule has 1 aromatic carbocycles. The summed E-state index contributed by atoms with van der Waals surface area (Å²) in [6.07, 6.45) is 1.17. The van der Waals surface area contributed by atoms with Crippen LogP contribution in [-0.2, 0) is 5.41 Å². The fraction of sp³-hybridized carbons (Fsp3) is 0.538.